The van der Waals surface area contributed by atoms with Crippen molar-refractivity contribution in [3.8, 4) is 5.75 Å². The van der Waals surface area contributed by atoms with Crippen LogP contribution in [0.3, 0.4) is 0 Å². The number of nitrogens with zero attached hydrogens (tertiary/aromatic N) is 9. The van der Waals surface area contributed by atoms with Crippen molar-refractivity contribution in [1.29, 1.82) is 0 Å². The highest BCUT2D eigenvalue weighted by molar-refractivity contribution is 6.01. The summed E-state index contributed by atoms with van der Waals surface area (Å²) in [7, 11) is 10.5. The minimum absolute atomic E-state index is 0.0519. The molecule has 28 nitrogen and oxygen atoms in total. The molecular formula is C71H107F3N12O16. The van der Waals surface area contributed by atoms with Gasteiger partial charge < -0.3 is 74.6 Å². The molecule has 10 atom stereocenters. The second-order valence-electron chi connectivity index (χ2n) is 29.2. The number of hydrogen-bond donors (Lipinski definition) is 4. The number of benzene rings is 1. The van der Waals surface area contributed by atoms with Gasteiger partial charge in [-0.05, 0) is 112 Å². The van der Waals surface area contributed by atoms with Crippen molar-refractivity contribution in [2.45, 2.75) is 198 Å². The molecule has 3 aliphatic heterocycles. The Hall–Kier alpha value is -8.38. The number of halogens is 3. The van der Waals surface area contributed by atoms with Gasteiger partial charge in [0.2, 0.25) is 70.9 Å². The van der Waals surface area contributed by atoms with E-state index in [4.69, 9.17) is 9.47 Å². The standard InChI is InChI=1S/C71H107F3N12O16/c1-16-43(5)58-66(98)80(10)38-56(89)81(11)48-26-20-19-23-31-85(65(48)97)51(35-57(90)91)64(96)79(9)37-54(87)75-47(30-28-44-27-29-46(71(72,73)74)53(33-44)101-15)62(94)86-36-42(4)32-49(86)61(93)77-70(40-69(6,7)41-70)68(100)84(14)59(45-24-21-22-25-45)67(99)83(13)50(63(95)78(8)17-2)34-55(88)82(12)52(39-102-18-3)60(92)76-58/h19-20,27,29,33,42-43,45,47-52,58-59H,16-18,21-26,28,30-32,34-41H2,1-15H3,(H,75,87)(H,76,92)(H,77,93)(H,90,91)/b20-19-/t42-,43-,47-,48-,49+,50-,51-,52-,58?,59-/m0/s1. The number of carbonyl (C=O) groups excluding carboxylic acids is 12. The molecule has 1 aromatic carbocycles. The maximum absolute atomic E-state index is 15.7. The molecule has 2 saturated heterocycles. The fourth-order valence-electron chi connectivity index (χ4n) is 14.9. The Balaban J connectivity index is 1.48. The predicted octanol–water partition coefficient (Wildman–Crippen LogP) is 2.93. The molecule has 5 aliphatic rings. The summed E-state index contributed by atoms with van der Waals surface area (Å²) in [6.45, 7) is 10.5. The average Bonchev–Trinajstić information content (AvgIpc) is 0.924. The molecule has 2 saturated carbocycles. The molecule has 102 heavy (non-hydrogen) atoms. The third-order valence-corrected chi connectivity index (χ3v) is 21.0. The predicted molar refractivity (Wildman–Crippen MR) is 367 cm³/mol. The number of likely N-dealkylation sites (N-methyl/N-ethyl adjacent to an activating group) is 7. The Bertz CT molecular complexity index is 3300. The smallest absolute Gasteiger partial charge is 0.419 e. The number of ether oxygens (including phenoxy) is 2. The fourth-order valence-corrected chi connectivity index (χ4v) is 14.9. The summed E-state index contributed by atoms with van der Waals surface area (Å²) in [5, 5.41) is 18.8. The zero-order valence-electron chi connectivity index (χ0n) is 61.8. The Kier molecular flexibility index (Phi) is 28.5. The largest absolute Gasteiger partial charge is 0.496 e. The lowest BCUT2D eigenvalue weighted by molar-refractivity contribution is -0.161. The number of methoxy groups -OCH3 is 1. The van der Waals surface area contributed by atoms with Crippen molar-refractivity contribution in [3.63, 3.8) is 0 Å². The molecule has 31 heteroatoms. The van der Waals surface area contributed by atoms with E-state index in [1.807, 2.05) is 13.8 Å². The molecule has 6 rings (SSSR count). The fraction of sp³-hybridized carbons (Fsp3) is 0.704. The van der Waals surface area contributed by atoms with Crippen molar-refractivity contribution in [2.24, 2.45) is 23.2 Å². The summed E-state index contributed by atoms with van der Waals surface area (Å²) < 4.78 is 53.1. The summed E-state index contributed by atoms with van der Waals surface area (Å²) in [5.41, 5.74) is -3.04. The van der Waals surface area contributed by atoms with Crippen LogP contribution in [0.5, 0.6) is 5.75 Å². The van der Waals surface area contributed by atoms with Crippen molar-refractivity contribution in [3.05, 3.63) is 41.5 Å². The van der Waals surface area contributed by atoms with Crippen LogP contribution in [0.15, 0.2) is 30.4 Å². The van der Waals surface area contributed by atoms with Gasteiger partial charge in [-0.2, -0.15) is 13.2 Å². The topological polar surface area (TPSA) is 326 Å². The third kappa shape index (κ3) is 19.7. The second-order valence-corrected chi connectivity index (χ2v) is 29.2. The number of alkyl halides is 3. The highest BCUT2D eigenvalue weighted by Crippen LogP contribution is 2.50. The summed E-state index contributed by atoms with van der Waals surface area (Å²) in [6, 6.07) is -8.40. The molecule has 2 aliphatic carbocycles. The monoisotopic (exact) mass is 1440 g/mol. The van der Waals surface area contributed by atoms with Gasteiger partial charge >= 0.3 is 12.1 Å². The van der Waals surface area contributed by atoms with Gasteiger partial charge in [0.1, 0.15) is 59.6 Å². The van der Waals surface area contributed by atoms with E-state index >= 15 is 19.2 Å². The van der Waals surface area contributed by atoms with Gasteiger partial charge in [-0.3, -0.25) is 62.3 Å². The molecule has 0 radical (unpaired) electrons. The van der Waals surface area contributed by atoms with E-state index in [0.29, 0.717) is 32.1 Å². The van der Waals surface area contributed by atoms with Crippen LogP contribution in [-0.2, 0) is 79.7 Å². The van der Waals surface area contributed by atoms with Gasteiger partial charge in [0.05, 0.1) is 45.2 Å². The zero-order valence-corrected chi connectivity index (χ0v) is 61.8. The molecule has 3 heterocycles. The number of nitrogens with one attached hydrogen (secondary N) is 3. The summed E-state index contributed by atoms with van der Waals surface area (Å²) in [5.74, 6) is -13.0. The molecule has 4 N–H and O–H groups in total. The third-order valence-electron chi connectivity index (χ3n) is 21.0. The Labute approximate surface area is 596 Å². The lowest BCUT2D eigenvalue weighted by Gasteiger charge is -2.54. The van der Waals surface area contributed by atoms with Gasteiger partial charge in [-0.1, -0.05) is 72.1 Å². The molecule has 0 aromatic heterocycles. The van der Waals surface area contributed by atoms with Gasteiger partial charge in [0, 0.05) is 75.6 Å². The van der Waals surface area contributed by atoms with Crippen LogP contribution in [0.4, 0.5) is 13.2 Å². The maximum atomic E-state index is 15.7. The van der Waals surface area contributed by atoms with Gasteiger partial charge in [-0.25, -0.2) is 0 Å². The number of hydrogen-bond acceptors (Lipinski definition) is 15. The summed E-state index contributed by atoms with van der Waals surface area (Å²) >= 11 is 0. The first-order chi connectivity index (χ1) is 47.8. The first kappa shape index (κ1) is 82.6. The normalized spacial score (nSPS) is 27.2. The highest BCUT2D eigenvalue weighted by Gasteiger charge is 2.59. The van der Waals surface area contributed by atoms with Gasteiger partial charge in [-0.15, -0.1) is 0 Å². The SMILES string of the molecule is CCOC[C@H]1C(=O)NC([C@@H](C)CC)C(=O)N(C)CC(=O)N(C)[C@H]2C/C=C\CCN(C2=O)[C@@H](CC(=O)O)C(=O)N(C)CC(=O)N[C@@H](CCc2ccc(C(F)(F)F)c(OC)c2)C(=O)N2C[C@@H](C)C[C@@H]2C(=O)NC2(CC(C)(C)C2)C(=O)N(C)[C@@H](C2CCCC2)C(=O)N(C)[C@H](C(=O)N(C)CC)CC(=O)N1C. The van der Waals surface area contributed by atoms with Crippen LogP contribution in [0, 0.1) is 23.2 Å². The van der Waals surface area contributed by atoms with Crippen molar-refractivity contribution < 1.29 is 90.1 Å². The van der Waals surface area contributed by atoms with Gasteiger partial charge in [0.15, 0.2) is 0 Å². The van der Waals surface area contributed by atoms with Crippen LogP contribution in [0.25, 0.3) is 0 Å². The van der Waals surface area contributed by atoms with E-state index < -0.39 is 191 Å². The Morgan fingerprint density at radius 3 is 2.00 bits per heavy atom. The van der Waals surface area contributed by atoms with Crippen LogP contribution in [0.2, 0.25) is 0 Å². The number of amides is 12. The maximum Gasteiger partial charge on any atom is 0.419 e. The summed E-state index contributed by atoms with van der Waals surface area (Å²) in [4.78, 5) is 202. The Morgan fingerprint density at radius 1 is 0.765 bits per heavy atom. The number of fused-ring (bicyclic) bond motifs is 3. The van der Waals surface area contributed by atoms with Crippen LogP contribution < -0.4 is 20.7 Å². The lowest BCUT2D eigenvalue weighted by atomic mass is 9.58. The molecule has 1 spiro atoms. The van der Waals surface area contributed by atoms with Crippen molar-refractivity contribution in [1.82, 2.24) is 60.0 Å². The van der Waals surface area contributed by atoms with E-state index in [9.17, 15) is 61.4 Å². The number of aliphatic carboxylic acids is 1. The van der Waals surface area contributed by atoms with Crippen LogP contribution in [0.1, 0.15) is 143 Å². The second kappa shape index (κ2) is 35.2. The van der Waals surface area contributed by atoms with E-state index in [1.165, 1.54) is 70.1 Å². The lowest BCUT2D eigenvalue weighted by Crippen LogP contribution is -2.71. The highest BCUT2D eigenvalue weighted by atomic mass is 19.4. The number of rotatable bonds is 14. The number of carbonyl (C=O) groups is 13. The van der Waals surface area contributed by atoms with E-state index in [2.05, 4.69) is 16.0 Å². The van der Waals surface area contributed by atoms with E-state index in [1.54, 1.807) is 46.8 Å². The quantitative estimate of drug-likeness (QED) is 0.195. The minimum Gasteiger partial charge on any atom is -0.496 e. The number of carboxylic acid groups (broad SMARTS) is 1. The Morgan fingerprint density at radius 2 is 1.41 bits per heavy atom. The molecule has 2 bridgehead atoms. The number of aryl methyl sites for hydroxylation is 1. The summed E-state index contributed by atoms with van der Waals surface area (Å²) in [6.07, 6.45) is -0.653. The molecule has 1 aromatic rings. The zero-order chi connectivity index (χ0) is 76.2. The minimum atomic E-state index is -4.80. The first-order valence-electron chi connectivity index (χ1n) is 35.3. The first-order valence-corrected chi connectivity index (χ1v) is 35.3. The van der Waals surface area contributed by atoms with Crippen LogP contribution in [-0.4, -0.2) is 282 Å². The number of carboxylic acids is 1. The van der Waals surface area contributed by atoms with E-state index in [0.717, 1.165) is 48.6 Å². The van der Waals surface area contributed by atoms with Gasteiger partial charge in [0.25, 0.3) is 0 Å². The molecule has 568 valence electrons. The average molecular weight is 1440 g/mol. The molecule has 1 unspecified atom stereocenters. The van der Waals surface area contributed by atoms with E-state index in [-0.39, 0.29) is 89.3 Å². The van der Waals surface area contributed by atoms with Crippen LogP contribution >= 0.6 is 0 Å². The molecule has 12 amide bonds. The molecular weight excluding hydrogens is 1330 g/mol. The van der Waals surface area contributed by atoms with Crippen molar-refractivity contribution in [2.75, 3.05) is 102 Å². The van der Waals surface area contributed by atoms with Crippen molar-refractivity contribution >= 4 is 76.9 Å². The molecule has 4 fully saturated rings.